The molecule has 0 aliphatic carbocycles. The van der Waals surface area contributed by atoms with E-state index >= 15 is 0 Å². The van der Waals surface area contributed by atoms with Gasteiger partial charge in [-0.05, 0) is 24.0 Å². The number of carboxylic acids is 1. The lowest BCUT2D eigenvalue weighted by atomic mass is 10.0. The number of carbonyl (C=O) groups is 4. The fraction of sp³-hybridized carbons (Fsp3) is 0.368. The number of ether oxygens (including phenoxy) is 1. The fourth-order valence-electron chi connectivity index (χ4n) is 3.26. The Morgan fingerprint density at radius 1 is 1.28 bits per heavy atom. The maximum atomic E-state index is 12.9. The molecule has 0 aromatic heterocycles. The molecule has 2 aliphatic rings. The van der Waals surface area contributed by atoms with Crippen LogP contribution < -0.4 is 5.32 Å². The van der Waals surface area contributed by atoms with Crippen molar-refractivity contribution in [3.63, 3.8) is 0 Å². The van der Waals surface area contributed by atoms with Gasteiger partial charge >= 0.3 is 11.9 Å². The molecule has 13 heteroatoms. The highest BCUT2D eigenvalue weighted by molar-refractivity contribution is 8.00. The summed E-state index contributed by atoms with van der Waals surface area (Å²) in [5.74, 6) is -2.33. The van der Waals surface area contributed by atoms with E-state index in [1.165, 1.54) is 52.7 Å². The smallest absolute Gasteiger partial charge is 0.355 e. The zero-order valence-corrected chi connectivity index (χ0v) is 20.4. The third-order valence-electron chi connectivity index (χ3n) is 4.61. The highest BCUT2D eigenvalue weighted by Crippen LogP contribution is 2.41. The molecule has 1 fully saturated rings. The van der Waals surface area contributed by atoms with E-state index < -0.39 is 45.6 Å². The molecule has 2 heterocycles. The predicted octanol–water partition coefficient (Wildman–Crippen LogP) is 2.93. The number of esters is 1. The molecular weight excluding hydrogens is 523 g/mol. The average molecular weight is 540 g/mol. The number of benzene rings is 1. The molecule has 8 nitrogen and oxygen atoms in total. The zero-order chi connectivity index (χ0) is 23.6. The minimum Gasteiger partial charge on any atom is -0.478 e. The number of alkyl halides is 3. The molecule has 2 N–H and O–H groups in total. The highest BCUT2D eigenvalue weighted by atomic mass is 35.6. The van der Waals surface area contributed by atoms with Crippen LogP contribution in [0.15, 0.2) is 35.5 Å². The molecule has 2 aliphatic heterocycles. The second-order valence-electron chi connectivity index (χ2n) is 6.79. The van der Waals surface area contributed by atoms with Gasteiger partial charge in [0, 0.05) is 11.5 Å². The summed E-state index contributed by atoms with van der Waals surface area (Å²) in [7, 11) is 0. The van der Waals surface area contributed by atoms with Crippen LogP contribution in [-0.4, -0.2) is 73.3 Å². The Bertz CT molecular complexity index is 998. The predicted molar refractivity (Wildman–Crippen MR) is 124 cm³/mol. The Balaban J connectivity index is 1.79. The first-order valence-corrected chi connectivity index (χ1v) is 12.7. The summed E-state index contributed by atoms with van der Waals surface area (Å²) in [6.45, 7) is -0.488. The third kappa shape index (κ3) is 5.31. The van der Waals surface area contributed by atoms with Gasteiger partial charge in [-0.1, -0.05) is 46.9 Å². The molecule has 2 atom stereocenters. The monoisotopic (exact) mass is 538 g/mol. The number of thioether (sulfide) groups is 2. The molecule has 172 valence electrons. The second kappa shape index (κ2) is 10.1. The number of nitrogens with zero attached hydrogens (tertiary/aromatic N) is 1. The molecule has 0 radical (unpaired) electrons. The molecule has 1 saturated heterocycles. The summed E-state index contributed by atoms with van der Waals surface area (Å²) in [6, 6.07) is 4.77. The minimum atomic E-state index is -1.80. The van der Waals surface area contributed by atoms with Gasteiger partial charge in [-0.25, -0.2) is 9.59 Å². The van der Waals surface area contributed by atoms with Crippen LogP contribution in [0.1, 0.15) is 20.7 Å². The molecule has 32 heavy (non-hydrogen) atoms. The van der Waals surface area contributed by atoms with Crippen molar-refractivity contribution >= 4 is 82.1 Å². The number of hydrogen-bond donors (Lipinski definition) is 2. The number of amides is 2. The number of β-lactam (4-membered cyclic amide) rings is 1. The standard InChI is InChI=1S/C19H17Cl3N2O6S2/c1-31-6-9-7-32-16-12(23-14(25)10-4-2-3-5-11(10)17(27)28)15(26)24(16)13(9)18(29)30-8-19(20,21)22/h2-5,12,16H,6-8H2,1H3,(H,23,25)(H,27,28)/t12?,16-/m1/s1. The molecule has 0 spiro atoms. The Hall–Kier alpha value is -1.59. The molecular formula is C19H17Cl3N2O6S2. The Morgan fingerprint density at radius 2 is 1.94 bits per heavy atom. The van der Waals surface area contributed by atoms with Gasteiger partial charge in [0.2, 0.25) is 3.79 Å². The summed E-state index contributed by atoms with van der Waals surface area (Å²) in [6.07, 6.45) is 1.86. The van der Waals surface area contributed by atoms with Crippen molar-refractivity contribution in [2.75, 3.05) is 24.4 Å². The SMILES string of the molecule is CSCC1=C(C(=O)OCC(Cl)(Cl)Cl)N2C(=O)C(NC(=O)c3ccccc3C(=O)O)[C@H]2SC1. The molecule has 0 saturated carbocycles. The highest BCUT2D eigenvalue weighted by Gasteiger charge is 2.54. The van der Waals surface area contributed by atoms with Gasteiger partial charge in [0.15, 0.2) is 0 Å². The molecule has 2 amide bonds. The first-order chi connectivity index (χ1) is 15.0. The van der Waals surface area contributed by atoms with E-state index in [1.807, 2.05) is 6.26 Å². The van der Waals surface area contributed by atoms with Crippen LogP contribution in [0.25, 0.3) is 0 Å². The molecule has 0 bridgehead atoms. The quantitative estimate of drug-likeness (QED) is 0.309. The largest absolute Gasteiger partial charge is 0.478 e. The van der Waals surface area contributed by atoms with Gasteiger partial charge in [-0.15, -0.1) is 11.8 Å². The van der Waals surface area contributed by atoms with Gasteiger partial charge in [0.05, 0.1) is 11.1 Å². The number of aromatic carboxylic acids is 1. The topological polar surface area (TPSA) is 113 Å². The van der Waals surface area contributed by atoms with Gasteiger partial charge in [-0.3, -0.25) is 14.5 Å². The van der Waals surface area contributed by atoms with Gasteiger partial charge < -0.3 is 15.2 Å². The van der Waals surface area contributed by atoms with E-state index in [2.05, 4.69) is 5.32 Å². The van der Waals surface area contributed by atoms with Gasteiger partial charge in [-0.2, -0.15) is 11.8 Å². The van der Waals surface area contributed by atoms with Crippen molar-refractivity contribution < 1.29 is 29.0 Å². The van der Waals surface area contributed by atoms with E-state index in [9.17, 15) is 24.3 Å². The first kappa shape index (κ1) is 25.0. The Morgan fingerprint density at radius 3 is 2.53 bits per heavy atom. The van der Waals surface area contributed by atoms with Crippen LogP contribution in [0.4, 0.5) is 0 Å². The number of fused-ring (bicyclic) bond motifs is 1. The van der Waals surface area contributed by atoms with E-state index in [0.29, 0.717) is 17.1 Å². The number of halogens is 3. The van der Waals surface area contributed by atoms with Crippen LogP contribution >= 0.6 is 58.3 Å². The lowest BCUT2D eigenvalue weighted by Crippen LogP contribution is -2.70. The first-order valence-electron chi connectivity index (χ1n) is 9.08. The van der Waals surface area contributed by atoms with Crippen LogP contribution in [0, 0.1) is 0 Å². The molecule has 1 aromatic carbocycles. The minimum absolute atomic E-state index is 0.0621. The van der Waals surface area contributed by atoms with Crippen molar-refractivity contribution in [1.29, 1.82) is 0 Å². The summed E-state index contributed by atoms with van der Waals surface area (Å²) in [4.78, 5) is 51.0. The van der Waals surface area contributed by atoms with Crippen molar-refractivity contribution in [3.05, 3.63) is 46.7 Å². The van der Waals surface area contributed by atoms with Crippen molar-refractivity contribution in [2.45, 2.75) is 15.2 Å². The number of nitrogens with one attached hydrogen (secondary N) is 1. The lowest BCUT2D eigenvalue weighted by molar-refractivity contribution is -0.151. The lowest BCUT2D eigenvalue weighted by Gasteiger charge is -2.49. The average Bonchev–Trinajstić information content (AvgIpc) is 2.74. The van der Waals surface area contributed by atoms with Crippen LogP contribution in [0.3, 0.4) is 0 Å². The number of rotatable bonds is 7. The van der Waals surface area contributed by atoms with E-state index in [-0.39, 0.29) is 16.8 Å². The summed E-state index contributed by atoms with van der Waals surface area (Å²) in [5.41, 5.74) is 0.539. The number of carbonyl (C=O) groups excluding carboxylic acids is 3. The third-order valence-corrected chi connectivity index (χ3v) is 6.92. The van der Waals surface area contributed by atoms with Crippen molar-refractivity contribution in [3.8, 4) is 0 Å². The van der Waals surface area contributed by atoms with Crippen molar-refractivity contribution in [2.24, 2.45) is 0 Å². The number of hydrogen-bond acceptors (Lipinski definition) is 7. The van der Waals surface area contributed by atoms with Gasteiger partial charge in [0.25, 0.3) is 11.8 Å². The zero-order valence-electron chi connectivity index (χ0n) is 16.5. The fourth-order valence-corrected chi connectivity index (χ4v) is 5.49. The van der Waals surface area contributed by atoms with Crippen LogP contribution in [0.2, 0.25) is 0 Å². The van der Waals surface area contributed by atoms with Crippen LogP contribution in [0.5, 0.6) is 0 Å². The molecule has 1 aromatic rings. The molecule has 3 rings (SSSR count). The second-order valence-corrected chi connectivity index (χ2v) is 11.3. The normalized spacial score (nSPS) is 20.4. The van der Waals surface area contributed by atoms with Gasteiger partial charge in [0.1, 0.15) is 23.7 Å². The van der Waals surface area contributed by atoms with Crippen molar-refractivity contribution in [1.82, 2.24) is 10.2 Å². The van der Waals surface area contributed by atoms with E-state index in [0.717, 1.165) is 0 Å². The maximum Gasteiger partial charge on any atom is 0.355 e. The maximum absolute atomic E-state index is 12.9. The summed E-state index contributed by atoms with van der Waals surface area (Å²) >= 11 is 19.8. The van der Waals surface area contributed by atoms with E-state index in [4.69, 9.17) is 39.5 Å². The van der Waals surface area contributed by atoms with Crippen LogP contribution in [-0.2, 0) is 14.3 Å². The summed E-state index contributed by atoms with van der Waals surface area (Å²) in [5, 5.41) is 11.3. The number of carboxylic acid groups (broad SMARTS) is 1. The molecule has 1 unspecified atom stereocenters. The Kier molecular flexibility index (Phi) is 7.93. The Labute approximate surface area is 206 Å². The van der Waals surface area contributed by atoms with E-state index in [1.54, 1.807) is 0 Å². The summed E-state index contributed by atoms with van der Waals surface area (Å²) < 4.78 is 3.29.